The Morgan fingerprint density at radius 3 is 3.21 bits per heavy atom. The van der Waals surface area contributed by atoms with Crippen LogP contribution in [0.25, 0.3) is 0 Å². The van der Waals surface area contributed by atoms with Crippen molar-refractivity contribution >= 4 is 5.71 Å². The van der Waals surface area contributed by atoms with E-state index >= 15 is 0 Å². The number of benzene rings is 1. The second kappa shape index (κ2) is 3.57. The Balaban J connectivity index is 2.31. The molecule has 1 aliphatic rings. The highest BCUT2D eigenvalue weighted by Gasteiger charge is 2.20. The predicted octanol–water partition coefficient (Wildman–Crippen LogP) is 1.53. The van der Waals surface area contributed by atoms with Crippen molar-refractivity contribution in [3.8, 4) is 11.5 Å². The fourth-order valence-corrected chi connectivity index (χ4v) is 1.31. The molecule has 1 heterocycles. The van der Waals surface area contributed by atoms with E-state index in [-0.39, 0.29) is 5.75 Å². The second-order valence-electron chi connectivity index (χ2n) is 2.92. The molecule has 2 rings (SSSR count). The Bertz CT molecular complexity index is 374. The SMILES string of the molecule is CCO/N=C1/COc2cc(O)ccc21. The van der Waals surface area contributed by atoms with E-state index in [1.54, 1.807) is 18.2 Å². The summed E-state index contributed by atoms with van der Waals surface area (Å²) in [6.45, 7) is 2.81. The van der Waals surface area contributed by atoms with Crippen LogP contribution in [0.2, 0.25) is 0 Å². The van der Waals surface area contributed by atoms with Crippen LogP contribution >= 0.6 is 0 Å². The molecule has 1 aromatic rings. The standard InChI is InChI=1S/C10H11NO3/c1-2-14-11-9-6-13-10-5-7(12)3-4-8(9)10/h3-5,12H,2,6H2,1H3/b11-9-. The predicted molar refractivity (Wildman–Crippen MR) is 51.8 cm³/mol. The molecule has 0 saturated heterocycles. The van der Waals surface area contributed by atoms with E-state index in [1.807, 2.05) is 6.92 Å². The monoisotopic (exact) mass is 193 g/mol. The van der Waals surface area contributed by atoms with Gasteiger partial charge in [-0.25, -0.2) is 0 Å². The van der Waals surface area contributed by atoms with Gasteiger partial charge in [0.2, 0.25) is 0 Å². The lowest BCUT2D eigenvalue weighted by Gasteiger charge is -1.97. The fourth-order valence-electron chi connectivity index (χ4n) is 1.31. The summed E-state index contributed by atoms with van der Waals surface area (Å²) in [4.78, 5) is 4.95. The fraction of sp³-hybridized carbons (Fsp3) is 0.300. The molecule has 0 radical (unpaired) electrons. The van der Waals surface area contributed by atoms with Crippen molar-refractivity contribution in [2.75, 3.05) is 13.2 Å². The van der Waals surface area contributed by atoms with Gasteiger partial charge >= 0.3 is 0 Å². The van der Waals surface area contributed by atoms with E-state index < -0.39 is 0 Å². The number of rotatable bonds is 2. The number of hydrogen-bond donors (Lipinski definition) is 1. The highest BCUT2D eigenvalue weighted by molar-refractivity contribution is 6.06. The van der Waals surface area contributed by atoms with Gasteiger partial charge in [0.1, 0.15) is 30.4 Å². The Kier molecular flexibility index (Phi) is 2.26. The van der Waals surface area contributed by atoms with E-state index in [1.165, 1.54) is 0 Å². The third-order valence-corrected chi connectivity index (χ3v) is 1.94. The summed E-state index contributed by atoms with van der Waals surface area (Å²) < 4.78 is 5.32. The third-order valence-electron chi connectivity index (χ3n) is 1.94. The summed E-state index contributed by atoms with van der Waals surface area (Å²) in [6, 6.07) is 4.95. The molecular weight excluding hydrogens is 182 g/mol. The van der Waals surface area contributed by atoms with Crippen LogP contribution in [0.4, 0.5) is 0 Å². The lowest BCUT2D eigenvalue weighted by atomic mass is 10.1. The van der Waals surface area contributed by atoms with E-state index in [4.69, 9.17) is 9.57 Å². The molecule has 4 nitrogen and oxygen atoms in total. The van der Waals surface area contributed by atoms with Crippen LogP contribution in [0.1, 0.15) is 12.5 Å². The number of nitrogens with zero attached hydrogens (tertiary/aromatic N) is 1. The van der Waals surface area contributed by atoms with Gasteiger partial charge in [0.15, 0.2) is 0 Å². The van der Waals surface area contributed by atoms with E-state index in [9.17, 15) is 5.11 Å². The van der Waals surface area contributed by atoms with Crippen molar-refractivity contribution in [2.45, 2.75) is 6.92 Å². The van der Waals surface area contributed by atoms with Gasteiger partial charge in [-0.3, -0.25) is 0 Å². The molecule has 0 bridgehead atoms. The number of hydrogen-bond acceptors (Lipinski definition) is 4. The minimum Gasteiger partial charge on any atom is -0.508 e. The summed E-state index contributed by atoms with van der Waals surface area (Å²) in [5.41, 5.74) is 1.65. The second-order valence-corrected chi connectivity index (χ2v) is 2.92. The molecule has 0 aromatic heterocycles. The zero-order chi connectivity index (χ0) is 9.97. The van der Waals surface area contributed by atoms with Gasteiger partial charge in [-0.2, -0.15) is 0 Å². The summed E-state index contributed by atoms with van der Waals surface area (Å²) in [5, 5.41) is 13.1. The minimum atomic E-state index is 0.196. The summed E-state index contributed by atoms with van der Waals surface area (Å²) in [6.07, 6.45) is 0. The van der Waals surface area contributed by atoms with Crippen LogP contribution in [0.5, 0.6) is 11.5 Å². The van der Waals surface area contributed by atoms with Crippen molar-refractivity contribution in [1.82, 2.24) is 0 Å². The molecule has 1 aromatic carbocycles. The average molecular weight is 193 g/mol. The zero-order valence-electron chi connectivity index (χ0n) is 7.86. The molecule has 1 N–H and O–H groups in total. The maximum Gasteiger partial charge on any atom is 0.134 e. The normalized spacial score (nSPS) is 16.5. The van der Waals surface area contributed by atoms with Gasteiger partial charge in [-0.05, 0) is 19.1 Å². The van der Waals surface area contributed by atoms with E-state index in [0.717, 1.165) is 11.3 Å². The molecule has 0 fully saturated rings. The first-order valence-corrected chi connectivity index (χ1v) is 4.46. The van der Waals surface area contributed by atoms with Crippen molar-refractivity contribution in [3.05, 3.63) is 23.8 Å². The van der Waals surface area contributed by atoms with Crippen molar-refractivity contribution in [2.24, 2.45) is 5.16 Å². The highest BCUT2D eigenvalue weighted by atomic mass is 16.6. The number of phenolic OH excluding ortho intramolecular Hbond substituents is 1. The summed E-state index contributed by atoms with van der Waals surface area (Å²) in [5.74, 6) is 0.852. The summed E-state index contributed by atoms with van der Waals surface area (Å²) in [7, 11) is 0. The Morgan fingerprint density at radius 1 is 1.57 bits per heavy atom. The van der Waals surface area contributed by atoms with Gasteiger partial charge in [-0.1, -0.05) is 5.16 Å². The molecule has 0 unspecified atom stereocenters. The number of phenols is 1. The zero-order valence-corrected chi connectivity index (χ0v) is 7.86. The molecule has 4 heteroatoms. The van der Waals surface area contributed by atoms with Gasteiger partial charge in [0.05, 0.1) is 0 Å². The van der Waals surface area contributed by atoms with E-state index in [0.29, 0.717) is 19.0 Å². The van der Waals surface area contributed by atoms with Crippen molar-refractivity contribution in [1.29, 1.82) is 0 Å². The quantitative estimate of drug-likeness (QED) is 0.724. The minimum absolute atomic E-state index is 0.196. The molecule has 0 aliphatic carbocycles. The molecule has 0 spiro atoms. The van der Waals surface area contributed by atoms with Crippen LogP contribution in [0.3, 0.4) is 0 Å². The van der Waals surface area contributed by atoms with Gasteiger partial charge < -0.3 is 14.7 Å². The first-order valence-electron chi connectivity index (χ1n) is 4.46. The van der Waals surface area contributed by atoms with Crippen LogP contribution in [-0.2, 0) is 4.84 Å². The molecule has 74 valence electrons. The Morgan fingerprint density at radius 2 is 2.43 bits per heavy atom. The van der Waals surface area contributed by atoms with Crippen LogP contribution in [-0.4, -0.2) is 24.0 Å². The summed E-state index contributed by atoms with van der Waals surface area (Å²) >= 11 is 0. The lowest BCUT2D eigenvalue weighted by Crippen LogP contribution is -2.03. The van der Waals surface area contributed by atoms with Gasteiger partial charge in [-0.15, -0.1) is 0 Å². The molecular formula is C10H11NO3. The Labute approximate surface area is 81.8 Å². The number of ether oxygens (including phenoxy) is 1. The lowest BCUT2D eigenvalue weighted by molar-refractivity contribution is 0.158. The smallest absolute Gasteiger partial charge is 0.134 e. The first-order chi connectivity index (χ1) is 6.81. The van der Waals surface area contributed by atoms with Gasteiger partial charge in [0.25, 0.3) is 0 Å². The van der Waals surface area contributed by atoms with E-state index in [2.05, 4.69) is 5.16 Å². The number of aromatic hydroxyl groups is 1. The largest absolute Gasteiger partial charge is 0.508 e. The number of oxime groups is 1. The third kappa shape index (κ3) is 1.51. The number of fused-ring (bicyclic) bond motifs is 1. The van der Waals surface area contributed by atoms with Crippen LogP contribution in [0, 0.1) is 0 Å². The first kappa shape index (κ1) is 8.87. The molecule has 0 atom stereocenters. The van der Waals surface area contributed by atoms with Crippen LogP contribution < -0.4 is 4.74 Å². The van der Waals surface area contributed by atoms with Crippen molar-refractivity contribution < 1.29 is 14.7 Å². The molecule has 0 saturated carbocycles. The van der Waals surface area contributed by atoms with Crippen LogP contribution in [0.15, 0.2) is 23.4 Å². The molecule has 0 amide bonds. The maximum absolute atomic E-state index is 9.21. The average Bonchev–Trinajstić information content (AvgIpc) is 2.57. The van der Waals surface area contributed by atoms with Gasteiger partial charge in [0, 0.05) is 11.6 Å². The topological polar surface area (TPSA) is 51.0 Å². The maximum atomic E-state index is 9.21. The molecule has 1 aliphatic heterocycles. The Hall–Kier alpha value is -1.71. The molecule has 14 heavy (non-hydrogen) atoms. The highest BCUT2D eigenvalue weighted by Crippen LogP contribution is 2.29. The van der Waals surface area contributed by atoms with Crippen molar-refractivity contribution in [3.63, 3.8) is 0 Å².